The predicted molar refractivity (Wildman–Crippen MR) is 77.1 cm³/mol. The minimum atomic E-state index is -3.82. The van der Waals surface area contributed by atoms with Gasteiger partial charge in [-0.1, -0.05) is 20.3 Å². The molecule has 112 valence electrons. The molecule has 1 aromatic rings. The van der Waals surface area contributed by atoms with Gasteiger partial charge in [-0.15, -0.1) is 0 Å². The number of ether oxygens (including phenoxy) is 1. The first-order valence-electron chi connectivity index (χ1n) is 6.28. The van der Waals surface area contributed by atoms with Crippen LogP contribution in [0.2, 0.25) is 0 Å². The molecule has 0 aliphatic heterocycles. The number of methoxy groups -OCH3 is 1. The van der Waals surface area contributed by atoms with Crippen molar-refractivity contribution in [3.05, 3.63) is 18.2 Å². The number of primary sulfonamides is 1. The summed E-state index contributed by atoms with van der Waals surface area (Å²) in [4.78, 5) is 11.8. The highest BCUT2D eigenvalue weighted by molar-refractivity contribution is 7.89. The topological polar surface area (TPSA) is 98.5 Å². The van der Waals surface area contributed by atoms with Gasteiger partial charge in [-0.25, -0.2) is 13.6 Å². The minimum absolute atomic E-state index is 0.0721. The van der Waals surface area contributed by atoms with Crippen LogP contribution in [0.25, 0.3) is 0 Å². The van der Waals surface area contributed by atoms with Gasteiger partial charge < -0.3 is 10.1 Å². The Kier molecular flexibility index (Phi) is 5.52. The molecule has 0 radical (unpaired) electrons. The van der Waals surface area contributed by atoms with E-state index in [9.17, 15) is 13.2 Å². The molecule has 3 N–H and O–H groups in total. The Labute approximate surface area is 119 Å². The number of hydrogen-bond acceptors (Lipinski definition) is 4. The van der Waals surface area contributed by atoms with Crippen LogP contribution < -0.4 is 15.2 Å². The van der Waals surface area contributed by atoms with Gasteiger partial charge >= 0.3 is 0 Å². The molecule has 6 nitrogen and oxygen atoms in total. The Morgan fingerprint density at radius 3 is 2.60 bits per heavy atom. The van der Waals surface area contributed by atoms with Gasteiger partial charge in [0.25, 0.3) is 0 Å². The van der Waals surface area contributed by atoms with Crippen molar-refractivity contribution in [3.63, 3.8) is 0 Å². The van der Waals surface area contributed by atoms with Gasteiger partial charge in [0.2, 0.25) is 15.9 Å². The number of nitrogens with two attached hydrogens (primary N) is 1. The van der Waals surface area contributed by atoms with Gasteiger partial charge in [-0.2, -0.15) is 0 Å². The number of sulfonamides is 1. The zero-order valence-electron chi connectivity index (χ0n) is 11.8. The SMILES string of the molecule is CCC(C)CC(=O)Nc1cc(S(N)(=O)=O)ccc1OC. The summed E-state index contributed by atoms with van der Waals surface area (Å²) in [6, 6.07) is 4.08. The summed E-state index contributed by atoms with van der Waals surface area (Å²) in [5, 5.41) is 7.72. The van der Waals surface area contributed by atoms with E-state index in [0.29, 0.717) is 17.9 Å². The molecule has 0 aromatic heterocycles. The highest BCUT2D eigenvalue weighted by Crippen LogP contribution is 2.27. The van der Waals surface area contributed by atoms with E-state index >= 15 is 0 Å². The zero-order valence-corrected chi connectivity index (χ0v) is 12.7. The largest absolute Gasteiger partial charge is 0.495 e. The average molecular weight is 300 g/mol. The highest BCUT2D eigenvalue weighted by atomic mass is 32.2. The molecule has 0 aliphatic carbocycles. The molecular formula is C13H20N2O4S. The van der Waals surface area contributed by atoms with Gasteiger partial charge in [-0.05, 0) is 24.1 Å². The molecule has 1 atom stereocenters. The third-order valence-electron chi connectivity index (χ3n) is 3.00. The first-order chi connectivity index (χ1) is 9.27. The second-order valence-corrected chi connectivity index (χ2v) is 6.23. The standard InChI is InChI=1S/C13H20N2O4S/c1-4-9(2)7-13(16)15-11-8-10(20(14,17)18)5-6-12(11)19-3/h5-6,8-9H,4,7H2,1-3H3,(H,15,16)(H2,14,17,18). The Morgan fingerprint density at radius 1 is 1.45 bits per heavy atom. The summed E-state index contributed by atoms with van der Waals surface area (Å²) in [6.07, 6.45) is 1.25. The van der Waals surface area contributed by atoms with Crippen LogP contribution in [-0.2, 0) is 14.8 Å². The van der Waals surface area contributed by atoms with Crippen LogP contribution in [0.15, 0.2) is 23.1 Å². The number of carbonyl (C=O) groups is 1. The van der Waals surface area contributed by atoms with E-state index in [4.69, 9.17) is 9.88 Å². The molecule has 0 spiro atoms. The fraction of sp³-hybridized carbons (Fsp3) is 0.462. The zero-order chi connectivity index (χ0) is 15.3. The maximum absolute atomic E-state index is 11.9. The molecule has 7 heteroatoms. The van der Waals surface area contributed by atoms with Crippen LogP contribution in [-0.4, -0.2) is 21.4 Å². The van der Waals surface area contributed by atoms with Crippen LogP contribution in [0.4, 0.5) is 5.69 Å². The maximum atomic E-state index is 11.9. The van der Waals surface area contributed by atoms with Crippen molar-refractivity contribution in [2.24, 2.45) is 11.1 Å². The summed E-state index contributed by atoms with van der Waals surface area (Å²) in [5.74, 6) is 0.446. The van der Waals surface area contributed by atoms with Gasteiger partial charge in [0.1, 0.15) is 5.75 Å². The summed E-state index contributed by atoms with van der Waals surface area (Å²) in [5.41, 5.74) is 0.298. The molecule has 0 fully saturated rings. The molecule has 0 saturated carbocycles. The number of carbonyl (C=O) groups excluding carboxylic acids is 1. The summed E-state index contributed by atoms with van der Waals surface area (Å²) < 4.78 is 27.7. The fourth-order valence-corrected chi connectivity index (χ4v) is 2.16. The summed E-state index contributed by atoms with van der Waals surface area (Å²) >= 11 is 0. The maximum Gasteiger partial charge on any atom is 0.238 e. The molecular weight excluding hydrogens is 280 g/mol. The smallest absolute Gasteiger partial charge is 0.238 e. The number of rotatable bonds is 6. The molecule has 20 heavy (non-hydrogen) atoms. The number of hydrogen-bond donors (Lipinski definition) is 2. The monoisotopic (exact) mass is 300 g/mol. The van der Waals surface area contributed by atoms with Crippen molar-refractivity contribution in [1.29, 1.82) is 0 Å². The van der Waals surface area contributed by atoms with E-state index in [0.717, 1.165) is 6.42 Å². The van der Waals surface area contributed by atoms with E-state index in [1.807, 2.05) is 13.8 Å². The normalized spacial score (nSPS) is 12.8. The van der Waals surface area contributed by atoms with Crippen LogP contribution in [0.3, 0.4) is 0 Å². The molecule has 1 amide bonds. The third kappa shape index (κ3) is 4.50. The summed E-state index contributed by atoms with van der Waals surface area (Å²) in [6.45, 7) is 3.97. The Bertz CT molecular complexity index is 584. The fourth-order valence-electron chi connectivity index (χ4n) is 1.62. The van der Waals surface area contributed by atoms with Crippen LogP contribution in [0.1, 0.15) is 26.7 Å². The van der Waals surface area contributed by atoms with Crippen molar-refractivity contribution in [2.75, 3.05) is 12.4 Å². The van der Waals surface area contributed by atoms with Gasteiger partial charge in [0, 0.05) is 6.42 Å². The van der Waals surface area contributed by atoms with E-state index < -0.39 is 10.0 Å². The van der Waals surface area contributed by atoms with Crippen LogP contribution in [0, 0.1) is 5.92 Å². The van der Waals surface area contributed by atoms with Crippen molar-refractivity contribution in [1.82, 2.24) is 0 Å². The lowest BCUT2D eigenvalue weighted by Crippen LogP contribution is -2.17. The van der Waals surface area contributed by atoms with Crippen molar-refractivity contribution >= 4 is 21.6 Å². The first-order valence-corrected chi connectivity index (χ1v) is 7.83. The highest BCUT2D eigenvalue weighted by Gasteiger charge is 2.15. The summed E-state index contributed by atoms with van der Waals surface area (Å²) in [7, 11) is -2.38. The lowest BCUT2D eigenvalue weighted by molar-refractivity contribution is -0.117. The second-order valence-electron chi connectivity index (χ2n) is 4.67. The van der Waals surface area contributed by atoms with E-state index in [2.05, 4.69) is 5.32 Å². The second kappa shape index (κ2) is 6.71. The molecule has 0 heterocycles. The van der Waals surface area contributed by atoms with Crippen LogP contribution in [0.5, 0.6) is 5.75 Å². The number of benzene rings is 1. The van der Waals surface area contributed by atoms with E-state index in [-0.39, 0.29) is 16.7 Å². The lowest BCUT2D eigenvalue weighted by Gasteiger charge is -2.13. The quantitative estimate of drug-likeness (QED) is 0.835. The number of nitrogens with one attached hydrogen (secondary N) is 1. The molecule has 1 aromatic carbocycles. The first kappa shape index (κ1) is 16.5. The van der Waals surface area contributed by atoms with Crippen molar-refractivity contribution in [2.45, 2.75) is 31.6 Å². The molecule has 1 unspecified atom stereocenters. The van der Waals surface area contributed by atoms with E-state index in [1.54, 1.807) is 0 Å². The van der Waals surface area contributed by atoms with Crippen LogP contribution >= 0.6 is 0 Å². The Balaban J connectivity index is 3.00. The molecule has 0 saturated heterocycles. The molecule has 1 rings (SSSR count). The van der Waals surface area contributed by atoms with Gasteiger partial charge in [0.15, 0.2) is 0 Å². The average Bonchev–Trinajstić information content (AvgIpc) is 2.37. The molecule has 0 aliphatic rings. The van der Waals surface area contributed by atoms with Gasteiger partial charge in [0.05, 0.1) is 17.7 Å². The van der Waals surface area contributed by atoms with E-state index in [1.165, 1.54) is 25.3 Å². The minimum Gasteiger partial charge on any atom is -0.495 e. The van der Waals surface area contributed by atoms with Crippen molar-refractivity contribution < 1.29 is 17.9 Å². The Hall–Kier alpha value is -1.60. The third-order valence-corrected chi connectivity index (χ3v) is 3.92. The van der Waals surface area contributed by atoms with Gasteiger partial charge in [-0.3, -0.25) is 4.79 Å². The predicted octanol–water partition coefficient (Wildman–Crippen LogP) is 1.72. The Morgan fingerprint density at radius 2 is 2.10 bits per heavy atom. The number of anilines is 1. The molecule has 0 bridgehead atoms. The number of amides is 1. The van der Waals surface area contributed by atoms with Crippen molar-refractivity contribution in [3.8, 4) is 5.75 Å². The lowest BCUT2D eigenvalue weighted by atomic mass is 10.1.